The first-order chi connectivity index (χ1) is 19.0. The number of benzene rings is 3. The zero-order valence-electron chi connectivity index (χ0n) is 23.2. The third-order valence-corrected chi connectivity index (χ3v) is 9.06. The number of nitrogens with zero attached hydrogens (tertiary/aromatic N) is 2. The Labute approximate surface area is 247 Å². The molecule has 10 heteroatoms. The predicted molar refractivity (Wildman–Crippen MR) is 161 cm³/mol. The Morgan fingerprint density at radius 1 is 0.925 bits per heavy atom. The SMILES string of the molecule is CCCNC(=O)[C@@H](CC)N(Cc1ccc(Cl)c(Cl)c1)C(=O)CN(c1ccccc1C)S(=O)(=O)c1ccc(C)cc1. The van der Waals surface area contributed by atoms with Crippen molar-refractivity contribution in [1.82, 2.24) is 10.2 Å². The first kappa shape index (κ1) is 31.5. The number of amides is 2. The molecule has 0 aromatic heterocycles. The Bertz CT molecular complexity index is 1450. The van der Waals surface area contributed by atoms with Crippen LogP contribution in [0.3, 0.4) is 0 Å². The summed E-state index contributed by atoms with van der Waals surface area (Å²) >= 11 is 12.3. The van der Waals surface area contributed by atoms with Crippen molar-refractivity contribution in [3.05, 3.63) is 93.5 Å². The van der Waals surface area contributed by atoms with Crippen LogP contribution in [-0.2, 0) is 26.2 Å². The second kappa shape index (κ2) is 14.0. The van der Waals surface area contributed by atoms with E-state index in [1.807, 2.05) is 20.8 Å². The minimum Gasteiger partial charge on any atom is -0.354 e. The van der Waals surface area contributed by atoms with Crippen molar-refractivity contribution in [2.24, 2.45) is 0 Å². The highest BCUT2D eigenvalue weighted by Crippen LogP contribution is 2.28. The highest BCUT2D eigenvalue weighted by molar-refractivity contribution is 7.92. The third-order valence-electron chi connectivity index (χ3n) is 6.54. The molecule has 0 aliphatic rings. The summed E-state index contributed by atoms with van der Waals surface area (Å²) in [5, 5.41) is 3.55. The fourth-order valence-electron chi connectivity index (χ4n) is 4.31. The molecule has 1 N–H and O–H groups in total. The quantitative estimate of drug-likeness (QED) is 0.269. The summed E-state index contributed by atoms with van der Waals surface area (Å²) < 4.78 is 29.0. The van der Waals surface area contributed by atoms with Crippen molar-refractivity contribution < 1.29 is 18.0 Å². The van der Waals surface area contributed by atoms with Gasteiger partial charge in [-0.15, -0.1) is 0 Å². The summed E-state index contributed by atoms with van der Waals surface area (Å²) in [6.45, 7) is 7.41. The molecule has 0 unspecified atom stereocenters. The minimum absolute atomic E-state index is 0.0416. The van der Waals surface area contributed by atoms with Crippen molar-refractivity contribution >= 4 is 50.7 Å². The number of hydrogen-bond acceptors (Lipinski definition) is 4. The van der Waals surface area contributed by atoms with E-state index in [4.69, 9.17) is 23.2 Å². The summed E-state index contributed by atoms with van der Waals surface area (Å²) in [5.41, 5.74) is 2.65. The summed E-state index contributed by atoms with van der Waals surface area (Å²) in [4.78, 5) is 28.7. The summed E-state index contributed by atoms with van der Waals surface area (Å²) in [6.07, 6.45) is 1.07. The van der Waals surface area contributed by atoms with Gasteiger partial charge in [-0.05, 0) is 68.1 Å². The predicted octanol–water partition coefficient (Wildman–Crippen LogP) is 6.14. The number of halogens is 2. The van der Waals surface area contributed by atoms with Gasteiger partial charge in [0, 0.05) is 13.1 Å². The van der Waals surface area contributed by atoms with Gasteiger partial charge in [-0.3, -0.25) is 13.9 Å². The molecule has 1 atom stereocenters. The molecule has 3 rings (SSSR count). The first-order valence-corrected chi connectivity index (χ1v) is 15.3. The van der Waals surface area contributed by atoms with Crippen LogP contribution in [0.1, 0.15) is 43.4 Å². The Morgan fingerprint density at radius 3 is 2.20 bits per heavy atom. The van der Waals surface area contributed by atoms with E-state index in [1.165, 1.54) is 17.0 Å². The van der Waals surface area contributed by atoms with E-state index >= 15 is 0 Å². The Morgan fingerprint density at radius 2 is 1.60 bits per heavy atom. The number of para-hydroxylation sites is 1. The first-order valence-electron chi connectivity index (χ1n) is 13.2. The molecule has 0 fully saturated rings. The van der Waals surface area contributed by atoms with Gasteiger partial charge in [0.15, 0.2) is 0 Å². The van der Waals surface area contributed by atoms with Gasteiger partial charge in [0.1, 0.15) is 12.6 Å². The van der Waals surface area contributed by atoms with Gasteiger partial charge < -0.3 is 10.2 Å². The van der Waals surface area contributed by atoms with Gasteiger partial charge in [0.2, 0.25) is 11.8 Å². The van der Waals surface area contributed by atoms with E-state index in [0.717, 1.165) is 16.3 Å². The van der Waals surface area contributed by atoms with Crippen molar-refractivity contribution in [1.29, 1.82) is 0 Å². The number of hydrogen-bond donors (Lipinski definition) is 1. The molecule has 2 amide bonds. The molecule has 3 aromatic carbocycles. The molecule has 0 aliphatic heterocycles. The monoisotopic (exact) mass is 603 g/mol. The van der Waals surface area contributed by atoms with Crippen LogP contribution in [0.25, 0.3) is 0 Å². The maximum atomic E-state index is 14.1. The maximum absolute atomic E-state index is 14.1. The lowest BCUT2D eigenvalue weighted by Crippen LogP contribution is -2.52. The zero-order valence-corrected chi connectivity index (χ0v) is 25.5. The molecule has 7 nitrogen and oxygen atoms in total. The van der Waals surface area contributed by atoms with Crippen molar-refractivity contribution in [2.45, 2.75) is 58.0 Å². The topological polar surface area (TPSA) is 86.8 Å². The molecular formula is C30H35Cl2N3O4S. The van der Waals surface area contributed by atoms with Gasteiger partial charge >= 0.3 is 0 Å². The normalized spacial score (nSPS) is 12.1. The molecule has 0 bridgehead atoms. The largest absolute Gasteiger partial charge is 0.354 e. The van der Waals surface area contributed by atoms with Crippen LogP contribution in [0.4, 0.5) is 5.69 Å². The van der Waals surface area contributed by atoms with Gasteiger partial charge in [-0.2, -0.15) is 0 Å². The summed E-state index contributed by atoms with van der Waals surface area (Å²) in [7, 11) is -4.13. The number of aryl methyl sites for hydroxylation is 2. The van der Waals surface area contributed by atoms with E-state index < -0.39 is 28.5 Å². The third kappa shape index (κ3) is 7.56. The zero-order chi connectivity index (χ0) is 29.4. The Hall–Kier alpha value is -3.07. The Balaban J connectivity index is 2.07. The van der Waals surface area contributed by atoms with Crippen LogP contribution < -0.4 is 9.62 Å². The number of anilines is 1. The molecule has 214 valence electrons. The smallest absolute Gasteiger partial charge is 0.264 e. The van der Waals surface area contributed by atoms with E-state index in [9.17, 15) is 18.0 Å². The van der Waals surface area contributed by atoms with Crippen molar-refractivity contribution in [3.63, 3.8) is 0 Å². The molecule has 3 aromatic rings. The lowest BCUT2D eigenvalue weighted by Gasteiger charge is -2.33. The van der Waals surface area contributed by atoms with Crippen molar-refractivity contribution in [2.75, 3.05) is 17.4 Å². The van der Waals surface area contributed by atoms with Crippen LogP contribution in [0.5, 0.6) is 0 Å². The van der Waals surface area contributed by atoms with Crippen LogP contribution in [0.2, 0.25) is 10.0 Å². The number of rotatable bonds is 12. The highest BCUT2D eigenvalue weighted by Gasteiger charge is 2.34. The lowest BCUT2D eigenvalue weighted by molar-refractivity contribution is -0.140. The van der Waals surface area contributed by atoms with E-state index in [2.05, 4.69) is 5.32 Å². The number of carbonyl (C=O) groups excluding carboxylic acids is 2. The van der Waals surface area contributed by atoms with Crippen LogP contribution in [0, 0.1) is 13.8 Å². The highest BCUT2D eigenvalue weighted by atomic mass is 35.5. The van der Waals surface area contributed by atoms with E-state index in [0.29, 0.717) is 39.8 Å². The molecule has 0 saturated heterocycles. The summed E-state index contributed by atoms with van der Waals surface area (Å²) in [5.74, 6) is -0.829. The average Bonchev–Trinajstić information content (AvgIpc) is 2.93. The second-order valence-electron chi connectivity index (χ2n) is 9.60. The van der Waals surface area contributed by atoms with Gasteiger partial charge in [-0.25, -0.2) is 8.42 Å². The average molecular weight is 605 g/mol. The molecule has 0 saturated carbocycles. The fourth-order valence-corrected chi connectivity index (χ4v) is 6.11. The molecule has 40 heavy (non-hydrogen) atoms. The van der Waals surface area contributed by atoms with Crippen LogP contribution in [-0.4, -0.2) is 44.3 Å². The molecule has 0 spiro atoms. The minimum atomic E-state index is -4.13. The van der Waals surface area contributed by atoms with Crippen molar-refractivity contribution in [3.8, 4) is 0 Å². The van der Waals surface area contributed by atoms with E-state index in [-0.39, 0.29) is 17.3 Å². The van der Waals surface area contributed by atoms with Crippen LogP contribution >= 0.6 is 23.2 Å². The van der Waals surface area contributed by atoms with Gasteiger partial charge in [0.05, 0.1) is 20.6 Å². The number of carbonyl (C=O) groups is 2. The summed E-state index contributed by atoms with van der Waals surface area (Å²) in [6, 6.07) is 17.7. The molecular weight excluding hydrogens is 569 g/mol. The number of nitrogens with one attached hydrogen (secondary N) is 1. The van der Waals surface area contributed by atoms with Crippen LogP contribution in [0.15, 0.2) is 71.6 Å². The lowest BCUT2D eigenvalue weighted by atomic mass is 10.1. The van der Waals surface area contributed by atoms with Gasteiger partial charge in [-0.1, -0.05) is 79.0 Å². The number of sulfonamides is 1. The Kier molecular flexibility index (Phi) is 11.0. The van der Waals surface area contributed by atoms with Gasteiger partial charge in [0.25, 0.3) is 10.0 Å². The molecule has 0 aliphatic carbocycles. The standard InChI is InChI=1S/C30H35Cl2N3O4S/c1-5-17-33-30(37)27(6-2)34(19-23-13-16-25(31)26(32)18-23)29(36)20-35(28-10-8-7-9-22(28)4)40(38,39)24-14-11-21(3)12-15-24/h7-16,18,27H,5-6,17,19-20H2,1-4H3,(H,33,37)/t27-/m1/s1. The molecule has 0 radical (unpaired) electrons. The second-order valence-corrected chi connectivity index (χ2v) is 12.3. The maximum Gasteiger partial charge on any atom is 0.264 e. The van der Waals surface area contributed by atoms with E-state index in [1.54, 1.807) is 61.5 Å². The fraction of sp³-hybridized carbons (Fsp3) is 0.333. The molecule has 0 heterocycles.